The summed E-state index contributed by atoms with van der Waals surface area (Å²) in [4.78, 5) is 22.4. The zero-order chi connectivity index (χ0) is 15.5. The van der Waals surface area contributed by atoms with Gasteiger partial charge in [-0.1, -0.05) is 12.1 Å². The number of carbonyl (C=O) groups excluding carboxylic acids is 1. The highest BCUT2D eigenvalue weighted by molar-refractivity contribution is 7.91. The first-order valence-electron chi connectivity index (χ1n) is 6.65. The lowest BCUT2D eigenvalue weighted by molar-refractivity contribution is -0.136. The minimum atomic E-state index is -2.97. The fourth-order valence-corrected chi connectivity index (χ4v) is 4.25. The second-order valence-corrected chi connectivity index (χ2v) is 7.52. The van der Waals surface area contributed by atoms with E-state index in [1.165, 1.54) is 0 Å². The Morgan fingerprint density at radius 3 is 2.43 bits per heavy atom. The molecule has 1 atom stereocenters. The number of hydrogen-bond acceptors (Lipinski definition) is 4. The van der Waals surface area contributed by atoms with E-state index in [9.17, 15) is 18.0 Å². The fraction of sp³-hybridized carbons (Fsp3) is 0.429. The van der Waals surface area contributed by atoms with E-state index in [1.807, 2.05) is 0 Å². The van der Waals surface area contributed by atoms with Crippen molar-refractivity contribution in [1.82, 2.24) is 0 Å². The zero-order valence-corrected chi connectivity index (χ0v) is 12.2. The molecule has 114 valence electrons. The summed E-state index contributed by atoms with van der Waals surface area (Å²) >= 11 is 0. The van der Waals surface area contributed by atoms with E-state index >= 15 is 0 Å². The van der Waals surface area contributed by atoms with Crippen molar-refractivity contribution in [2.24, 2.45) is 5.92 Å². The van der Waals surface area contributed by atoms with Crippen LogP contribution in [0.15, 0.2) is 24.3 Å². The lowest BCUT2D eigenvalue weighted by Crippen LogP contribution is -2.17. The number of benzene rings is 1. The SMILES string of the molecule is O=C(O)Cc1ccc(NC(=O)CC2CCS(=O)(=O)C2)cc1. The summed E-state index contributed by atoms with van der Waals surface area (Å²) in [5.74, 6) is -0.995. The van der Waals surface area contributed by atoms with E-state index in [0.29, 0.717) is 17.7 Å². The van der Waals surface area contributed by atoms with Gasteiger partial charge in [0, 0.05) is 12.1 Å². The summed E-state index contributed by atoms with van der Waals surface area (Å²) in [7, 11) is -2.97. The van der Waals surface area contributed by atoms with Crippen LogP contribution in [0.5, 0.6) is 0 Å². The Bertz CT molecular complexity index is 636. The lowest BCUT2D eigenvalue weighted by Gasteiger charge is -2.09. The van der Waals surface area contributed by atoms with E-state index in [4.69, 9.17) is 5.11 Å². The molecule has 1 amide bonds. The van der Waals surface area contributed by atoms with Crippen LogP contribution in [0, 0.1) is 5.92 Å². The second-order valence-electron chi connectivity index (χ2n) is 5.29. The smallest absolute Gasteiger partial charge is 0.307 e. The highest BCUT2D eigenvalue weighted by atomic mass is 32.2. The number of carbonyl (C=O) groups is 2. The molecule has 0 bridgehead atoms. The van der Waals surface area contributed by atoms with Crippen LogP contribution in [0.3, 0.4) is 0 Å². The van der Waals surface area contributed by atoms with Crippen LogP contribution in [0.2, 0.25) is 0 Å². The Labute approximate surface area is 123 Å². The Morgan fingerprint density at radius 1 is 1.24 bits per heavy atom. The molecule has 0 saturated carbocycles. The molecular weight excluding hydrogens is 294 g/mol. The van der Waals surface area contributed by atoms with Crippen LogP contribution in [-0.4, -0.2) is 36.9 Å². The molecule has 21 heavy (non-hydrogen) atoms. The maximum atomic E-state index is 11.8. The third kappa shape index (κ3) is 4.86. The molecule has 0 radical (unpaired) electrons. The summed E-state index contributed by atoms with van der Waals surface area (Å²) < 4.78 is 22.7. The van der Waals surface area contributed by atoms with Crippen molar-refractivity contribution < 1.29 is 23.1 Å². The van der Waals surface area contributed by atoms with Crippen LogP contribution in [0.25, 0.3) is 0 Å². The summed E-state index contributed by atoms with van der Waals surface area (Å²) in [5.41, 5.74) is 1.23. The molecule has 1 heterocycles. The zero-order valence-electron chi connectivity index (χ0n) is 11.4. The molecule has 7 heteroatoms. The van der Waals surface area contributed by atoms with Crippen molar-refractivity contribution >= 4 is 27.4 Å². The van der Waals surface area contributed by atoms with Crippen LogP contribution in [-0.2, 0) is 25.8 Å². The minimum absolute atomic E-state index is 0.0613. The number of rotatable bonds is 5. The maximum Gasteiger partial charge on any atom is 0.307 e. The molecule has 1 fully saturated rings. The van der Waals surface area contributed by atoms with Crippen molar-refractivity contribution in [3.8, 4) is 0 Å². The molecule has 6 nitrogen and oxygen atoms in total. The highest BCUT2D eigenvalue weighted by Crippen LogP contribution is 2.22. The molecule has 1 aliphatic rings. The number of aliphatic carboxylic acids is 1. The van der Waals surface area contributed by atoms with Crippen molar-refractivity contribution in [1.29, 1.82) is 0 Å². The third-order valence-corrected chi connectivity index (χ3v) is 5.23. The summed E-state index contributed by atoms with van der Waals surface area (Å²) in [5, 5.41) is 11.4. The Balaban J connectivity index is 1.86. The average Bonchev–Trinajstić information content (AvgIpc) is 2.70. The molecule has 0 spiro atoms. The van der Waals surface area contributed by atoms with Gasteiger partial charge in [-0.25, -0.2) is 8.42 Å². The minimum Gasteiger partial charge on any atom is -0.481 e. The first-order valence-corrected chi connectivity index (χ1v) is 8.47. The summed E-state index contributed by atoms with van der Waals surface area (Å²) in [6.45, 7) is 0. The summed E-state index contributed by atoms with van der Waals surface area (Å²) in [6, 6.07) is 6.57. The molecular formula is C14H17NO5S. The van der Waals surface area contributed by atoms with Crippen molar-refractivity contribution in [3.05, 3.63) is 29.8 Å². The molecule has 1 aliphatic heterocycles. The molecule has 0 aromatic heterocycles. The number of anilines is 1. The van der Waals surface area contributed by atoms with Gasteiger partial charge in [-0.3, -0.25) is 9.59 Å². The van der Waals surface area contributed by atoms with Gasteiger partial charge in [0.15, 0.2) is 9.84 Å². The number of sulfone groups is 1. The molecule has 2 rings (SSSR count). The van der Waals surface area contributed by atoms with E-state index in [2.05, 4.69) is 5.32 Å². The summed E-state index contributed by atoms with van der Waals surface area (Å²) in [6.07, 6.45) is 0.664. The van der Waals surface area contributed by atoms with E-state index in [1.54, 1.807) is 24.3 Å². The fourth-order valence-electron chi connectivity index (χ4n) is 2.39. The number of carboxylic acids is 1. The topological polar surface area (TPSA) is 101 Å². The lowest BCUT2D eigenvalue weighted by atomic mass is 10.0. The molecule has 1 unspecified atom stereocenters. The van der Waals surface area contributed by atoms with Gasteiger partial charge in [-0.15, -0.1) is 0 Å². The first kappa shape index (κ1) is 15.5. The van der Waals surface area contributed by atoms with Crippen LogP contribution < -0.4 is 5.32 Å². The Kier molecular flexibility index (Phi) is 4.62. The van der Waals surface area contributed by atoms with Crippen molar-refractivity contribution in [2.75, 3.05) is 16.8 Å². The van der Waals surface area contributed by atoms with Gasteiger partial charge in [-0.2, -0.15) is 0 Å². The van der Waals surface area contributed by atoms with Gasteiger partial charge in [-0.05, 0) is 30.0 Å². The Morgan fingerprint density at radius 2 is 1.90 bits per heavy atom. The molecule has 2 N–H and O–H groups in total. The van der Waals surface area contributed by atoms with Gasteiger partial charge >= 0.3 is 5.97 Å². The maximum absolute atomic E-state index is 11.8. The van der Waals surface area contributed by atoms with Crippen molar-refractivity contribution in [2.45, 2.75) is 19.3 Å². The molecule has 1 saturated heterocycles. The molecule has 1 aromatic rings. The number of hydrogen-bond donors (Lipinski definition) is 2. The van der Waals surface area contributed by atoms with E-state index in [0.717, 1.165) is 0 Å². The van der Waals surface area contributed by atoms with Crippen LogP contribution >= 0.6 is 0 Å². The number of carboxylic acid groups (broad SMARTS) is 1. The predicted molar refractivity (Wildman–Crippen MR) is 77.8 cm³/mol. The predicted octanol–water partition coefficient (Wildman–Crippen LogP) is 1.08. The van der Waals surface area contributed by atoms with Crippen LogP contribution in [0.1, 0.15) is 18.4 Å². The average molecular weight is 311 g/mol. The monoisotopic (exact) mass is 311 g/mol. The van der Waals surface area contributed by atoms with E-state index < -0.39 is 15.8 Å². The standard InChI is InChI=1S/C14H17NO5S/c16-13(7-11-5-6-21(19,20)9-11)15-12-3-1-10(2-4-12)8-14(17)18/h1-4,11H,5-9H2,(H,15,16)(H,17,18). The Hall–Kier alpha value is -1.89. The number of amides is 1. The molecule has 0 aliphatic carbocycles. The normalized spacial score (nSPS) is 20.1. The van der Waals surface area contributed by atoms with Crippen LogP contribution in [0.4, 0.5) is 5.69 Å². The van der Waals surface area contributed by atoms with E-state index in [-0.39, 0.29) is 36.2 Å². The largest absolute Gasteiger partial charge is 0.481 e. The number of nitrogens with one attached hydrogen (secondary N) is 1. The van der Waals surface area contributed by atoms with Gasteiger partial charge in [0.05, 0.1) is 17.9 Å². The second kappa shape index (κ2) is 6.26. The first-order chi connectivity index (χ1) is 9.84. The van der Waals surface area contributed by atoms with Gasteiger partial charge < -0.3 is 10.4 Å². The quantitative estimate of drug-likeness (QED) is 0.847. The van der Waals surface area contributed by atoms with Gasteiger partial charge in [0.2, 0.25) is 5.91 Å². The third-order valence-electron chi connectivity index (χ3n) is 3.39. The van der Waals surface area contributed by atoms with Gasteiger partial charge in [0.1, 0.15) is 0 Å². The van der Waals surface area contributed by atoms with Gasteiger partial charge in [0.25, 0.3) is 0 Å². The molecule has 1 aromatic carbocycles. The highest BCUT2D eigenvalue weighted by Gasteiger charge is 2.29. The van der Waals surface area contributed by atoms with Crippen molar-refractivity contribution in [3.63, 3.8) is 0 Å².